The molecule has 0 radical (unpaired) electrons. The van der Waals surface area contributed by atoms with E-state index in [2.05, 4.69) is 5.32 Å². The number of anilines is 1. The van der Waals surface area contributed by atoms with Crippen LogP contribution in [0.4, 0.5) is 10.1 Å². The molecule has 1 fully saturated rings. The van der Waals surface area contributed by atoms with Crippen molar-refractivity contribution in [3.05, 3.63) is 29.6 Å². The third-order valence-electron chi connectivity index (χ3n) is 3.66. The molecule has 0 bridgehead atoms. The molecule has 2 N–H and O–H groups in total. The van der Waals surface area contributed by atoms with Gasteiger partial charge in [0.1, 0.15) is 5.82 Å². The Morgan fingerprint density at radius 1 is 1.33 bits per heavy atom. The van der Waals surface area contributed by atoms with E-state index in [9.17, 15) is 9.50 Å². The van der Waals surface area contributed by atoms with Gasteiger partial charge < -0.3 is 10.4 Å². The van der Waals surface area contributed by atoms with Crippen molar-refractivity contribution in [3.63, 3.8) is 0 Å². The first-order chi connectivity index (χ1) is 8.63. The van der Waals surface area contributed by atoms with Gasteiger partial charge in [0.2, 0.25) is 0 Å². The summed E-state index contributed by atoms with van der Waals surface area (Å²) < 4.78 is 13.2. The summed E-state index contributed by atoms with van der Waals surface area (Å²) in [5, 5.41) is 13.1. The molecule has 3 heteroatoms. The van der Waals surface area contributed by atoms with Crippen LogP contribution in [0.5, 0.6) is 0 Å². The van der Waals surface area contributed by atoms with Crippen molar-refractivity contribution in [1.82, 2.24) is 0 Å². The molecule has 1 aromatic carbocycles. The molecule has 1 aliphatic carbocycles. The maximum absolute atomic E-state index is 13.2. The normalized spacial score (nSPS) is 17.9. The first kappa shape index (κ1) is 13.3. The van der Waals surface area contributed by atoms with Gasteiger partial charge in [-0.05, 0) is 43.0 Å². The fraction of sp³-hybridized carbons (Fsp3) is 0.600. The quantitative estimate of drug-likeness (QED) is 0.839. The van der Waals surface area contributed by atoms with E-state index in [-0.39, 0.29) is 11.9 Å². The zero-order chi connectivity index (χ0) is 13.0. The minimum absolute atomic E-state index is 0.234. The fourth-order valence-electron chi connectivity index (χ4n) is 2.79. The lowest BCUT2D eigenvalue weighted by atomic mass is 10.00. The Labute approximate surface area is 108 Å². The molecule has 2 nitrogen and oxygen atoms in total. The van der Waals surface area contributed by atoms with E-state index in [1.165, 1.54) is 37.8 Å². The number of rotatable bonds is 5. The van der Waals surface area contributed by atoms with Crippen LogP contribution in [0.2, 0.25) is 0 Å². The van der Waals surface area contributed by atoms with Gasteiger partial charge in [0.15, 0.2) is 0 Å². The van der Waals surface area contributed by atoms with Crippen LogP contribution in [0.25, 0.3) is 0 Å². The highest BCUT2D eigenvalue weighted by Crippen LogP contribution is 2.28. The van der Waals surface area contributed by atoms with Gasteiger partial charge in [0, 0.05) is 12.2 Å². The van der Waals surface area contributed by atoms with Gasteiger partial charge in [-0.15, -0.1) is 0 Å². The molecule has 0 aliphatic heterocycles. The molecule has 1 aromatic rings. The van der Waals surface area contributed by atoms with Crippen LogP contribution < -0.4 is 5.32 Å². The van der Waals surface area contributed by atoms with Crippen LogP contribution in [-0.2, 0) is 0 Å². The first-order valence-corrected chi connectivity index (χ1v) is 6.82. The number of hydrogen-bond donors (Lipinski definition) is 2. The molecule has 1 unspecified atom stereocenters. The smallest absolute Gasteiger partial charge is 0.125 e. The summed E-state index contributed by atoms with van der Waals surface area (Å²) >= 11 is 0. The second-order valence-electron chi connectivity index (χ2n) is 5.44. The number of hydrogen-bond acceptors (Lipinski definition) is 2. The highest BCUT2D eigenvalue weighted by atomic mass is 19.1. The van der Waals surface area contributed by atoms with Crippen molar-refractivity contribution in [2.75, 3.05) is 11.9 Å². The molecule has 2 rings (SSSR count). The van der Waals surface area contributed by atoms with Crippen LogP contribution in [-0.4, -0.2) is 17.8 Å². The molecule has 100 valence electrons. The van der Waals surface area contributed by atoms with Crippen molar-refractivity contribution < 1.29 is 9.50 Å². The zero-order valence-corrected chi connectivity index (χ0v) is 11.0. The molecule has 0 amide bonds. The summed E-state index contributed by atoms with van der Waals surface area (Å²) in [5.41, 5.74) is 1.64. The van der Waals surface area contributed by atoms with Crippen LogP contribution >= 0.6 is 0 Å². The molecular weight excluding hydrogens is 229 g/mol. The van der Waals surface area contributed by atoms with Gasteiger partial charge in [-0.1, -0.05) is 25.7 Å². The predicted molar refractivity (Wildman–Crippen MR) is 72.2 cm³/mol. The monoisotopic (exact) mass is 251 g/mol. The Kier molecular flexibility index (Phi) is 4.59. The summed E-state index contributed by atoms with van der Waals surface area (Å²) in [6, 6.07) is 4.86. The SMILES string of the molecule is Cc1cc(F)cc(NCC(O)CC2CCCC2)c1. The maximum atomic E-state index is 13.2. The van der Waals surface area contributed by atoms with Crippen molar-refractivity contribution in [1.29, 1.82) is 0 Å². The van der Waals surface area contributed by atoms with Crippen LogP contribution in [0.3, 0.4) is 0 Å². The molecule has 1 atom stereocenters. The first-order valence-electron chi connectivity index (χ1n) is 6.82. The summed E-state index contributed by atoms with van der Waals surface area (Å²) in [7, 11) is 0. The third-order valence-corrected chi connectivity index (χ3v) is 3.66. The largest absolute Gasteiger partial charge is 0.391 e. The predicted octanol–water partition coefficient (Wildman–Crippen LogP) is 3.49. The summed E-state index contributed by atoms with van der Waals surface area (Å²) in [5.74, 6) is 0.443. The molecule has 0 spiro atoms. The lowest BCUT2D eigenvalue weighted by Crippen LogP contribution is -2.22. The van der Waals surface area contributed by atoms with E-state index in [0.29, 0.717) is 12.5 Å². The van der Waals surface area contributed by atoms with Gasteiger partial charge in [-0.3, -0.25) is 0 Å². The molecule has 0 saturated heterocycles. The van der Waals surface area contributed by atoms with Gasteiger partial charge in [-0.2, -0.15) is 0 Å². The second-order valence-corrected chi connectivity index (χ2v) is 5.44. The standard InChI is InChI=1S/C15H22FNO/c1-11-6-13(16)9-14(7-11)17-10-15(18)8-12-4-2-3-5-12/h6-7,9,12,15,17-18H,2-5,8,10H2,1H3. The Hall–Kier alpha value is -1.09. The number of halogens is 1. The number of benzene rings is 1. The minimum Gasteiger partial charge on any atom is -0.391 e. The molecule has 18 heavy (non-hydrogen) atoms. The van der Waals surface area contributed by atoms with E-state index in [4.69, 9.17) is 0 Å². The number of nitrogens with one attached hydrogen (secondary N) is 1. The fourth-order valence-corrected chi connectivity index (χ4v) is 2.79. The van der Waals surface area contributed by atoms with Crippen molar-refractivity contribution in [2.24, 2.45) is 5.92 Å². The molecule has 0 aromatic heterocycles. The van der Waals surface area contributed by atoms with E-state index < -0.39 is 0 Å². The summed E-state index contributed by atoms with van der Waals surface area (Å²) in [4.78, 5) is 0. The maximum Gasteiger partial charge on any atom is 0.125 e. The molecule has 0 heterocycles. The molecule has 1 aliphatic rings. The van der Waals surface area contributed by atoms with Crippen LogP contribution in [0.1, 0.15) is 37.7 Å². The Morgan fingerprint density at radius 3 is 2.72 bits per heavy atom. The van der Waals surface area contributed by atoms with Crippen molar-refractivity contribution in [3.8, 4) is 0 Å². The Bertz CT molecular complexity index is 368. The van der Waals surface area contributed by atoms with E-state index in [1.807, 2.05) is 13.0 Å². The van der Waals surface area contributed by atoms with E-state index in [1.54, 1.807) is 0 Å². The molecular formula is C15H22FNO. The van der Waals surface area contributed by atoms with E-state index in [0.717, 1.165) is 17.7 Å². The highest BCUT2D eigenvalue weighted by Gasteiger charge is 2.18. The zero-order valence-electron chi connectivity index (χ0n) is 11.0. The second kappa shape index (κ2) is 6.19. The lowest BCUT2D eigenvalue weighted by Gasteiger charge is -2.16. The summed E-state index contributed by atoms with van der Waals surface area (Å²) in [6.45, 7) is 2.36. The van der Waals surface area contributed by atoms with Crippen molar-refractivity contribution >= 4 is 5.69 Å². The van der Waals surface area contributed by atoms with Gasteiger partial charge in [-0.25, -0.2) is 4.39 Å². The Morgan fingerprint density at radius 2 is 2.06 bits per heavy atom. The molecule has 1 saturated carbocycles. The van der Waals surface area contributed by atoms with Gasteiger partial charge in [0.05, 0.1) is 6.10 Å². The average molecular weight is 251 g/mol. The van der Waals surface area contributed by atoms with Gasteiger partial charge in [0.25, 0.3) is 0 Å². The summed E-state index contributed by atoms with van der Waals surface area (Å²) in [6.07, 6.45) is 5.62. The number of aliphatic hydroxyl groups excluding tert-OH is 1. The number of aliphatic hydroxyl groups is 1. The third kappa shape index (κ3) is 3.98. The topological polar surface area (TPSA) is 32.3 Å². The lowest BCUT2D eigenvalue weighted by molar-refractivity contribution is 0.155. The van der Waals surface area contributed by atoms with Gasteiger partial charge >= 0.3 is 0 Å². The minimum atomic E-state index is -0.336. The van der Waals surface area contributed by atoms with Crippen molar-refractivity contribution in [2.45, 2.75) is 45.1 Å². The van der Waals surface area contributed by atoms with Crippen LogP contribution in [0.15, 0.2) is 18.2 Å². The van der Waals surface area contributed by atoms with Crippen LogP contribution in [0, 0.1) is 18.7 Å². The highest BCUT2D eigenvalue weighted by molar-refractivity contribution is 5.46. The average Bonchev–Trinajstić information content (AvgIpc) is 2.78. The Balaban J connectivity index is 1.79. The van der Waals surface area contributed by atoms with E-state index >= 15 is 0 Å². The number of aryl methyl sites for hydroxylation is 1.